The van der Waals surface area contributed by atoms with Gasteiger partial charge in [-0.1, -0.05) is 413 Å². The van der Waals surface area contributed by atoms with Crippen molar-refractivity contribution in [3.05, 3.63) is 34.4 Å². The first-order valence-corrected chi connectivity index (χ1v) is 40.3. The van der Waals surface area contributed by atoms with Crippen molar-refractivity contribution in [1.82, 2.24) is 0 Å². The highest BCUT2D eigenvalue weighted by atomic mass is 16.5. The SMILES string of the molecule is CCCCCCCCCCCCCCCCCCOC(=O)c1ccc(C(=O)OCCCCCCCCCCCCCCCCCC)c(C(=O)OCCCCCCCCCCCCCCCCCC)c1C(=O)OCCCCCCCCCCCCCCCCCC. The normalized spacial score (nSPS) is 11.4. The summed E-state index contributed by atoms with van der Waals surface area (Å²) in [5.74, 6) is -3.03. The zero-order valence-corrected chi connectivity index (χ0v) is 60.5. The lowest BCUT2D eigenvalue weighted by molar-refractivity contribution is 0.0415. The van der Waals surface area contributed by atoms with Gasteiger partial charge in [0.1, 0.15) is 0 Å². The van der Waals surface area contributed by atoms with E-state index >= 15 is 0 Å². The molecule has 0 amide bonds. The second-order valence-corrected chi connectivity index (χ2v) is 27.7. The Bertz CT molecular complexity index is 1600. The van der Waals surface area contributed by atoms with E-state index in [1.54, 1.807) is 0 Å². The van der Waals surface area contributed by atoms with Crippen LogP contribution in [-0.4, -0.2) is 50.3 Å². The Labute approximate surface area is 558 Å². The number of hydrogen-bond donors (Lipinski definition) is 0. The van der Waals surface area contributed by atoms with Gasteiger partial charge in [-0.25, -0.2) is 19.2 Å². The topological polar surface area (TPSA) is 105 Å². The van der Waals surface area contributed by atoms with Gasteiger partial charge >= 0.3 is 23.9 Å². The summed E-state index contributed by atoms with van der Waals surface area (Å²) < 4.78 is 23.6. The van der Waals surface area contributed by atoms with Crippen LogP contribution in [0.1, 0.15) is 480 Å². The molecule has 0 aliphatic rings. The highest BCUT2D eigenvalue weighted by Crippen LogP contribution is 2.27. The zero-order valence-electron chi connectivity index (χ0n) is 60.5. The summed E-state index contributed by atoms with van der Waals surface area (Å²) in [7, 11) is 0. The molecule has 1 aromatic carbocycles. The predicted octanol–water partition coefficient (Wildman–Crippen LogP) is 27.4. The molecule has 0 saturated carbocycles. The Balaban J connectivity index is 2.97. The molecule has 0 unspecified atom stereocenters. The smallest absolute Gasteiger partial charge is 0.339 e. The van der Waals surface area contributed by atoms with Crippen molar-refractivity contribution in [3.63, 3.8) is 0 Å². The molecular weight excluding hydrogens is 1110 g/mol. The fraction of sp³-hybridized carbons (Fsp3) is 0.878. The second-order valence-electron chi connectivity index (χ2n) is 27.7. The van der Waals surface area contributed by atoms with Gasteiger partial charge < -0.3 is 18.9 Å². The number of ether oxygens (including phenoxy) is 4. The number of carbonyl (C=O) groups excluding carboxylic acids is 4. The van der Waals surface area contributed by atoms with Gasteiger partial charge in [-0.05, 0) is 37.8 Å². The summed E-state index contributed by atoms with van der Waals surface area (Å²) in [6.07, 6.45) is 79.7. The van der Waals surface area contributed by atoms with Crippen molar-refractivity contribution in [2.75, 3.05) is 26.4 Å². The third kappa shape index (κ3) is 53.5. The van der Waals surface area contributed by atoms with Gasteiger partial charge in [0.15, 0.2) is 0 Å². The van der Waals surface area contributed by atoms with E-state index in [4.69, 9.17) is 18.9 Å². The van der Waals surface area contributed by atoms with Crippen LogP contribution >= 0.6 is 0 Å². The van der Waals surface area contributed by atoms with Crippen LogP contribution in [0.15, 0.2) is 12.1 Å². The number of rotatable bonds is 72. The molecule has 1 aromatic rings. The van der Waals surface area contributed by atoms with Gasteiger partial charge in [-0.3, -0.25) is 0 Å². The Morgan fingerprint density at radius 3 is 0.456 bits per heavy atom. The zero-order chi connectivity index (χ0) is 64.9. The molecular formula is C82H150O8. The van der Waals surface area contributed by atoms with Gasteiger partial charge in [-0.15, -0.1) is 0 Å². The Hall–Kier alpha value is -2.90. The summed E-state index contributed by atoms with van der Waals surface area (Å²) in [5.41, 5.74) is -0.658. The lowest BCUT2D eigenvalue weighted by Crippen LogP contribution is -2.24. The maximum atomic E-state index is 14.4. The molecule has 0 bridgehead atoms. The highest BCUT2D eigenvalue weighted by Gasteiger charge is 2.33. The summed E-state index contributed by atoms with van der Waals surface area (Å²) >= 11 is 0. The molecule has 0 radical (unpaired) electrons. The van der Waals surface area contributed by atoms with Crippen molar-refractivity contribution >= 4 is 23.9 Å². The van der Waals surface area contributed by atoms with Gasteiger partial charge in [0, 0.05) is 0 Å². The average molecular weight is 1260 g/mol. The molecule has 8 nitrogen and oxygen atoms in total. The minimum atomic E-state index is -0.813. The molecule has 0 spiro atoms. The minimum absolute atomic E-state index is 0.0767. The van der Waals surface area contributed by atoms with Crippen molar-refractivity contribution < 1.29 is 38.1 Å². The van der Waals surface area contributed by atoms with Crippen LogP contribution < -0.4 is 0 Å². The second kappa shape index (κ2) is 68.9. The standard InChI is InChI=1S/C82H150O8/c1-5-9-13-17-21-25-29-33-37-41-45-49-53-57-61-65-71-87-79(83)75-69-70-76(80(84)88-72-66-62-58-54-50-46-42-38-34-30-26-22-18-14-10-6-2)78(82(86)90-74-68-64-60-56-52-48-44-40-36-32-28-24-20-16-12-8-4)77(75)81(85)89-73-67-63-59-55-51-47-43-39-35-31-27-23-19-15-11-7-3/h69-70H,5-68,71-74H2,1-4H3. The quantitative estimate of drug-likeness (QED) is 0.0361. The maximum absolute atomic E-state index is 14.4. The van der Waals surface area contributed by atoms with Crippen LogP contribution in [0.25, 0.3) is 0 Å². The van der Waals surface area contributed by atoms with Gasteiger partial charge in [-0.2, -0.15) is 0 Å². The fourth-order valence-electron chi connectivity index (χ4n) is 12.9. The number of hydrogen-bond acceptors (Lipinski definition) is 8. The molecule has 0 atom stereocenters. The first-order chi connectivity index (χ1) is 44.4. The van der Waals surface area contributed by atoms with Crippen LogP contribution in [0.3, 0.4) is 0 Å². The van der Waals surface area contributed by atoms with E-state index in [1.165, 1.54) is 333 Å². The van der Waals surface area contributed by atoms with Crippen molar-refractivity contribution in [2.24, 2.45) is 0 Å². The first kappa shape index (κ1) is 85.1. The average Bonchev–Trinajstić information content (AvgIpc) is 1.47. The molecule has 90 heavy (non-hydrogen) atoms. The van der Waals surface area contributed by atoms with E-state index in [1.807, 2.05) is 0 Å². The molecule has 8 heteroatoms. The van der Waals surface area contributed by atoms with Gasteiger partial charge in [0.05, 0.1) is 48.7 Å². The van der Waals surface area contributed by atoms with Crippen LogP contribution in [0.2, 0.25) is 0 Å². The number of esters is 4. The molecule has 0 aliphatic heterocycles. The molecule has 0 aromatic heterocycles. The number of benzene rings is 1. The van der Waals surface area contributed by atoms with Crippen LogP contribution in [0.5, 0.6) is 0 Å². The summed E-state index contributed by atoms with van der Waals surface area (Å²) in [6.45, 7) is 9.80. The van der Waals surface area contributed by atoms with E-state index in [9.17, 15) is 19.2 Å². The van der Waals surface area contributed by atoms with E-state index in [2.05, 4.69) is 27.7 Å². The molecule has 0 aliphatic carbocycles. The summed E-state index contributed by atoms with van der Waals surface area (Å²) in [6, 6.07) is 2.89. The Morgan fingerprint density at radius 2 is 0.311 bits per heavy atom. The number of unbranched alkanes of at least 4 members (excludes halogenated alkanes) is 60. The molecule has 1 rings (SSSR count). The molecule has 0 N–H and O–H groups in total. The summed E-state index contributed by atoms with van der Waals surface area (Å²) in [5, 5.41) is 0. The molecule has 526 valence electrons. The largest absolute Gasteiger partial charge is 0.462 e. The molecule has 0 saturated heterocycles. The van der Waals surface area contributed by atoms with Crippen LogP contribution in [0.4, 0.5) is 0 Å². The predicted molar refractivity (Wildman–Crippen MR) is 386 cm³/mol. The first-order valence-electron chi connectivity index (χ1n) is 40.3. The summed E-state index contributed by atoms with van der Waals surface area (Å²) in [4.78, 5) is 57.1. The van der Waals surface area contributed by atoms with E-state index in [-0.39, 0.29) is 48.7 Å². The van der Waals surface area contributed by atoms with E-state index in [0.29, 0.717) is 25.7 Å². The lowest BCUT2D eigenvalue weighted by atomic mass is 9.95. The molecule has 0 fully saturated rings. The maximum Gasteiger partial charge on any atom is 0.339 e. The number of carbonyl (C=O) groups is 4. The third-order valence-electron chi connectivity index (χ3n) is 19.0. The fourth-order valence-corrected chi connectivity index (χ4v) is 12.9. The highest BCUT2D eigenvalue weighted by molar-refractivity contribution is 6.15. The van der Waals surface area contributed by atoms with E-state index < -0.39 is 23.9 Å². The van der Waals surface area contributed by atoms with E-state index in [0.717, 1.165) is 64.2 Å². The van der Waals surface area contributed by atoms with Crippen LogP contribution in [-0.2, 0) is 18.9 Å². The van der Waals surface area contributed by atoms with Crippen molar-refractivity contribution in [1.29, 1.82) is 0 Å². The van der Waals surface area contributed by atoms with Crippen molar-refractivity contribution in [2.45, 2.75) is 439 Å². The van der Waals surface area contributed by atoms with Crippen LogP contribution in [0, 0.1) is 0 Å². The molecule has 0 heterocycles. The monoisotopic (exact) mass is 1260 g/mol. The minimum Gasteiger partial charge on any atom is -0.462 e. The lowest BCUT2D eigenvalue weighted by Gasteiger charge is -2.17. The van der Waals surface area contributed by atoms with Gasteiger partial charge in [0.2, 0.25) is 0 Å². The Kier molecular flexibility index (Phi) is 65.2. The van der Waals surface area contributed by atoms with Crippen molar-refractivity contribution in [3.8, 4) is 0 Å². The van der Waals surface area contributed by atoms with Gasteiger partial charge in [0.25, 0.3) is 0 Å². The Morgan fingerprint density at radius 1 is 0.189 bits per heavy atom. The third-order valence-corrected chi connectivity index (χ3v) is 19.0.